The van der Waals surface area contributed by atoms with Crippen molar-refractivity contribution in [2.45, 2.75) is 65.0 Å². The number of hydrogen-bond acceptors (Lipinski definition) is 5. The standard InChI is InChI=1S/C19H36N6O2.HI/c1-3-5-12-26-13-7-9-20-19(22-15-17-8-6-14-27-17)21-10-11-25-16-23-24-18(25)4-2;/h16-17H,3-15H2,1-2H3,(H2,20,21,22);1H. The third-order valence-corrected chi connectivity index (χ3v) is 4.53. The number of aliphatic imine (C=N–C) groups is 1. The van der Waals surface area contributed by atoms with Gasteiger partial charge in [0.1, 0.15) is 12.2 Å². The minimum absolute atomic E-state index is 0. The van der Waals surface area contributed by atoms with Crippen molar-refractivity contribution in [2.24, 2.45) is 4.99 Å². The molecule has 1 unspecified atom stereocenters. The van der Waals surface area contributed by atoms with Crippen molar-refractivity contribution in [1.82, 2.24) is 25.4 Å². The summed E-state index contributed by atoms with van der Waals surface area (Å²) in [5, 5.41) is 14.9. The molecule has 1 saturated heterocycles. The molecule has 8 nitrogen and oxygen atoms in total. The van der Waals surface area contributed by atoms with Gasteiger partial charge in [0, 0.05) is 45.9 Å². The Morgan fingerprint density at radius 1 is 1.29 bits per heavy atom. The molecule has 0 saturated carbocycles. The first-order valence-corrected chi connectivity index (χ1v) is 10.4. The van der Waals surface area contributed by atoms with E-state index in [1.807, 2.05) is 0 Å². The van der Waals surface area contributed by atoms with E-state index in [1.165, 1.54) is 6.42 Å². The maximum atomic E-state index is 5.67. The smallest absolute Gasteiger partial charge is 0.191 e. The Balaban J connectivity index is 0.00000392. The highest BCUT2D eigenvalue weighted by atomic mass is 127. The molecule has 2 rings (SSSR count). The number of ether oxygens (including phenoxy) is 2. The first-order valence-electron chi connectivity index (χ1n) is 10.4. The molecule has 28 heavy (non-hydrogen) atoms. The third-order valence-electron chi connectivity index (χ3n) is 4.53. The highest BCUT2D eigenvalue weighted by molar-refractivity contribution is 14.0. The van der Waals surface area contributed by atoms with Gasteiger partial charge >= 0.3 is 0 Å². The molecule has 0 aliphatic carbocycles. The lowest BCUT2D eigenvalue weighted by molar-refractivity contribution is 0.117. The molecule has 1 aliphatic rings. The highest BCUT2D eigenvalue weighted by Crippen LogP contribution is 2.11. The normalized spacial score (nSPS) is 16.8. The van der Waals surface area contributed by atoms with E-state index in [0.29, 0.717) is 6.54 Å². The number of halogens is 1. The number of guanidine groups is 1. The van der Waals surface area contributed by atoms with Gasteiger partial charge in [-0.15, -0.1) is 34.2 Å². The second kappa shape index (κ2) is 15.9. The van der Waals surface area contributed by atoms with Crippen LogP contribution in [0, 0.1) is 0 Å². The summed E-state index contributed by atoms with van der Waals surface area (Å²) in [6.45, 7) is 9.90. The molecule has 162 valence electrons. The maximum Gasteiger partial charge on any atom is 0.191 e. The zero-order chi connectivity index (χ0) is 19.2. The van der Waals surface area contributed by atoms with Gasteiger partial charge in [-0.2, -0.15) is 0 Å². The van der Waals surface area contributed by atoms with Crippen molar-refractivity contribution in [1.29, 1.82) is 0 Å². The lowest BCUT2D eigenvalue weighted by atomic mass is 10.2. The van der Waals surface area contributed by atoms with Crippen molar-refractivity contribution in [3.8, 4) is 0 Å². The van der Waals surface area contributed by atoms with Gasteiger partial charge in [-0.05, 0) is 25.7 Å². The van der Waals surface area contributed by atoms with E-state index in [4.69, 9.17) is 14.5 Å². The van der Waals surface area contributed by atoms with Gasteiger partial charge in [0.15, 0.2) is 5.96 Å². The molecule has 1 fully saturated rings. The fourth-order valence-corrected chi connectivity index (χ4v) is 2.92. The summed E-state index contributed by atoms with van der Waals surface area (Å²) in [5.74, 6) is 1.84. The van der Waals surface area contributed by atoms with E-state index in [9.17, 15) is 0 Å². The second-order valence-electron chi connectivity index (χ2n) is 6.79. The average molecular weight is 508 g/mol. The summed E-state index contributed by atoms with van der Waals surface area (Å²) in [5.41, 5.74) is 0. The summed E-state index contributed by atoms with van der Waals surface area (Å²) < 4.78 is 13.4. The van der Waals surface area contributed by atoms with Crippen molar-refractivity contribution >= 4 is 29.9 Å². The van der Waals surface area contributed by atoms with E-state index < -0.39 is 0 Å². The molecule has 0 bridgehead atoms. The largest absolute Gasteiger partial charge is 0.381 e. The quantitative estimate of drug-likeness (QED) is 0.184. The Labute approximate surface area is 186 Å². The average Bonchev–Trinajstić information content (AvgIpc) is 3.36. The summed E-state index contributed by atoms with van der Waals surface area (Å²) in [7, 11) is 0. The first kappa shape index (κ1) is 25.1. The van der Waals surface area contributed by atoms with E-state index in [1.54, 1.807) is 6.33 Å². The number of nitrogens with zero attached hydrogens (tertiary/aromatic N) is 4. The molecule has 0 spiro atoms. The van der Waals surface area contributed by atoms with E-state index in [2.05, 4.69) is 39.2 Å². The van der Waals surface area contributed by atoms with Crippen LogP contribution in [-0.2, 0) is 22.4 Å². The van der Waals surface area contributed by atoms with Gasteiger partial charge < -0.3 is 24.7 Å². The zero-order valence-corrected chi connectivity index (χ0v) is 19.7. The van der Waals surface area contributed by atoms with Crippen LogP contribution in [0.5, 0.6) is 0 Å². The fourth-order valence-electron chi connectivity index (χ4n) is 2.92. The molecule has 0 radical (unpaired) electrons. The monoisotopic (exact) mass is 508 g/mol. The van der Waals surface area contributed by atoms with Crippen LogP contribution in [0.2, 0.25) is 0 Å². The summed E-state index contributed by atoms with van der Waals surface area (Å²) in [4.78, 5) is 4.70. The van der Waals surface area contributed by atoms with Crippen molar-refractivity contribution in [2.75, 3.05) is 39.5 Å². The number of hydrogen-bond donors (Lipinski definition) is 2. The molecule has 0 amide bonds. The van der Waals surface area contributed by atoms with Gasteiger partial charge in [0.2, 0.25) is 0 Å². The molecule has 1 aliphatic heterocycles. The van der Waals surface area contributed by atoms with Gasteiger partial charge in [-0.25, -0.2) is 0 Å². The first-order chi connectivity index (χ1) is 13.3. The summed E-state index contributed by atoms with van der Waals surface area (Å²) in [6.07, 6.45) is 8.43. The molecule has 0 aromatic carbocycles. The van der Waals surface area contributed by atoms with Crippen molar-refractivity contribution in [3.63, 3.8) is 0 Å². The number of unbranched alkanes of at least 4 members (excludes halogenated alkanes) is 1. The van der Waals surface area contributed by atoms with Crippen LogP contribution < -0.4 is 10.6 Å². The predicted molar refractivity (Wildman–Crippen MR) is 122 cm³/mol. The minimum Gasteiger partial charge on any atom is -0.381 e. The van der Waals surface area contributed by atoms with Crippen LogP contribution in [-0.4, -0.2) is 66.3 Å². The molecular formula is C19H37IN6O2. The maximum absolute atomic E-state index is 5.67. The SMILES string of the molecule is CCCCOCCCNC(=NCC1CCCO1)NCCn1cnnc1CC.I. The van der Waals surface area contributed by atoms with Crippen LogP contribution in [0.4, 0.5) is 0 Å². The molecule has 1 aromatic rings. The fraction of sp³-hybridized carbons (Fsp3) is 0.842. The summed E-state index contributed by atoms with van der Waals surface area (Å²) in [6, 6.07) is 0. The minimum atomic E-state index is 0. The Morgan fingerprint density at radius 2 is 2.11 bits per heavy atom. The Kier molecular flexibility index (Phi) is 14.3. The van der Waals surface area contributed by atoms with Gasteiger partial charge in [-0.3, -0.25) is 4.99 Å². The zero-order valence-electron chi connectivity index (χ0n) is 17.4. The van der Waals surface area contributed by atoms with Gasteiger partial charge in [0.25, 0.3) is 0 Å². The Hall–Kier alpha value is -0.940. The number of nitrogens with one attached hydrogen (secondary N) is 2. The van der Waals surface area contributed by atoms with E-state index in [-0.39, 0.29) is 30.1 Å². The molecule has 2 N–H and O–H groups in total. The van der Waals surface area contributed by atoms with Crippen molar-refractivity contribution < 1.29 is 9.47 Å². The van der Waals surface area contributed by atoms with E-state index in [0.717, 1.165) is 83.3 Å². The van der Waals surface area contributed by atoms with Crippen LogP contribution in [0.25, 0.3) is 0 Å². The molecule has 1 aromatic heterocycles. The lowest BCUT2D eigenvalue weighted by Gasteiger charge is -2.14. The Morgan fingerprint density at radius 3 is 2.86 bits per heavy atom. The lowest BCUT2D eigenvalue weighted by Crippen LogP contribution is -2.40. The topological polar surface area (TPSA) is 85.6 Å². The van der Waals surface area contributed by atoms with Crippen LogP contribution >= 0.6 is 24.0 Å². The van der Waals surface area contributed by atoms with Crippen molar-refractivity contribution in [3.05, 3.63) is 12.2 Å². The van der Waals surface area contributed by atoms with Gasteiger partial charge in [0.05, 0.1) is 12.6 Å². The number of rotatable bonds is 13. The van der Waals surface area contributed by atoms with Gasteiger partial charge in [-0.1, -0.05) is 20.3 Å². The predicted octanol–water partition coefficient (Wildman–Crippen LogP) is 2.38. The third kappa shape index (κ3) is 10.0. The molecule has 9 heteroatoms. The molecule has 1 atom stereocenters. The molecule has 2 heterocycles. The second-order valence-corrected chi connectivity index (χ2v) is 6.79. The number of aromatic nitrogens is 3. The van der Waals surface area contributed by atoms with Crippen LogP contribution in [0.15, 0.2) is 11.3 Å². The number of aryl methyl sites for hydroxylation is 1. The molecular weight excluding hydrogens is 471 g/mol. The van der Waals surface area contributed by atoms with E-state index >= 15 is 0 Å². The Bertz CT molecular complexity index is 534. The summed E-state index contributed by atoms with van der Waals surface area (Å²) >= 11 is 0. The highest BCUT2D eigenvalue weighted by Gasteiger charge is 2.14. The van der Waals surface area contributed by atoms with Crippen LogP contribution in [0.3, 0.4) is 0 Å². The van der Waals surface area contributed by atoms with Crippen LogP contribution in [0.1, 0.15) is 51.8 Å².